The highest BCUT2D eigenvalue weighted by Crippen LogP contribution is 2.29. The van der Waals surface area contributed by atoms with Gasteiger partial charge in [-0.2, -0.15) is 10.4 Å². The van der Waals surface area contributed by atoms with Crippen molar-refractivity contribution in [1.29, 1.82) is 5.26 Å². The monoisotopic (exact) mass is 410 g/mol. The van der Waals surface area contributed by atoms with E-state index in [0.29, 0.717) is 12.1 Å². The molecular weight excluding hydrogens is 392 g/mol. The quantitative estimate of drug-likeness (QED) is 0.366. The van der Waals surface area contributed by atoms with Crippen LogP contribution in [0.2, 0.25) is 0 Å². The molecule has 0 bridgehead atoms. The topological polar surface area (TPSA) is 70.7 Å². The van der Waals surface area contributed by atoms with Gasteiger partial charge in [-0.1, -0.05) is 54.6 Å². The summed E-state index contributed by atoms with van der Waals surface area (Å²) >= 11 is 1.56. The number of hydrogen-bond acceptors (Lipinski definition) is 4. The Labute approximate surface area is 178 Å². The minimum Gasteiger partial charge on any atom is -0.347 e. The molecule has 0 aliphatic carbocycles. The normalized spacial score (nSPS) is 11.1. The van der Waals surface area contributed by atoms with Crippen molar-refractivity contribution in [2.75, 3.05) is 0 Å². The fraction of sp³-hybridized carbons (Fsp3) is 0.0417. The Kier molecular flexibility index (Phi) is 5.83. The standard InChI is InChI=1S/C24H18N4OS/c25-15-19(24(29)26-16-18-8-3-1-4-9-18)14-20-17-28(21-10-5-2-6-11-21)27-23(20)22-12-7-13-30-22/h1-14,17H,16H2,(H,26,29)/b19-14+. The number of nitrogens with one attached hydrogen (secondary N) is 1. The zero-order chi connectivity index (χ0) is 20.8. The molecule has 2 aromatic heterocycles. The number of aromatic nitrogens is 2. The molecule has 1 N–H and O–H groups in total. The number of benzene rings is 2. The lowest BCUT2D eigenvalue weighted by Crippen LogP contribution is -2.23. The van der Waals surface area contributed by atoms with Gasteiger partial charge in [0.2, 0.25) is 0 Å². The van der Waals surface area contributed by atoms with Gasteiger partial charge in [0, 0.05) is 18.3 Å². The van der Waals surface area contributed by atoms with Crippen LogP contribution in [0.3, 0.4) is 0 Å². The maximum absolute atomic E-state index is 12.6. The zero-order valence-corrected chi connectivity index (χ0v) is 16.8. The van der Waals surface area contributed by atoms with E-state index in [0.717, 1.165) is 21.8 Å². The average molecular weight is 411 g/mol. The molecule has 146 valence electrons. The summed E-state index contributed by atoms with van der Waals surface area (Å²) < 4.78 is 1.76. The fourth-order valence-corrected chi connectivity index (χ4v) is 3.72. The lowest BCUT2D eigenvalue weighted by molar-refractivity contribution is -0.117. The molecule has 0 aliphatic rings. The van der Waals surface area contributed by atoms with Crippen LogP contribution in [0, 0.1) is 11.3 Å². The van der Waals surface area contributed by atoms with Gasteiger partial charge in [0.25, 0.3) is 5.91 Å². The molecule has 30 heavy (non-hydrogen) atoms. The Morgan fingerprint density at radius 1 is 1.07 bits per heavy atom. The molecule has 4 aromatic rings. The molecule has 0 saturated carbocycles. The van der Waals surface area contributed by atoms with E-state index in [2.05, 4.69) is 5.32 Å². The van der Waals surface area contributed by atoms with Gasteiger partial charge in [-0.3, -0.25) is 4.79 Å². The van der Waals surface area contributed by atoms with Gasteiger partial charge in [0.1, 0.15) is 17.3 Å². The molecule has 0 saturated heterocycles. The van der Waals surface area contributed by atoms with Crippen LogP contribution in [0.4, 0.5) is 0 Å². The van der Waals surface area contributed by atoms with Gasteiger partial charge in [-0.25, -0.2) is 4.68 Å². The van der Waals surface area contributed by atoms with E-state index in [4.69, 9.17) is 5.10 Å². The van der Waals surface area contributed by atoms with Crippen LogP contribution >= 0.6 is 11.3 Å². The van der Waals surface area contributed by atoms with E-state index in [1.54, 1.807) is 22.1 Å². The van der Waals surface area contributed by atoms with E-state index in [9.17, 15) is 10.1 Å². The zero-order valence-electron chi connectivity index (χ0n) is 16.0. The van der Waals surface area contributed by atoms with E-state index in [1.165, 1.54) is 0 Å². The van der Waals surface area contributed by atoms with E-state index < -0.39 is 5.91 Å². The summed E-state index contributed by atoms with van der Waals surface area (Å²) in [7, 11) is 0. The Bertz CT molecular complexity index is 1200. The van der Waals surface area contributed by atoms with E-state index >= 15 is 0 Å². The minimum absolute atomic E-state index is 0.0383. The minimum atomic E-state index is -0.411. The van der Waals surface area contributed by atoms with Gasteiger partial charge in [0.05, 0.1) is 10.6 Å². The van der Waals surface area contributed by atoms with E-state index in [1.807, 2.05) is 90.4 Å². The summed E-state index contributed by atoms with van der Waals surface area (Å²) in [6.07, 6.45) is 3.44. The summed E-state index contributed by atoms with van der Waals surface area (Å²) in [6, 6.07) is 25.3. The largest absolute Gasteiger partial charge is 0.347 e. The molecule has 0 atom stereocenters. The highest BCUT2D eigenvalue weighted by atomic mass is 32.1. The molecule has 0 radical (unpaired) electrons. The highest BCUT2D eigenvalue weighted by Gasteiger charge is 2.15. The van der Waals surface area contributed by atoms with Crippen molar-refractivity contribution in [3.63, 3.8) is 0 Å². The molecule has 0 spiro atoms. The first kappa shape index (κ1) is 19.4. The van der Waals surface area contributed by atoms with Crippen molar-refractivity contribution in [2.24, 2.45) is 0 Å². The van der Waals surface area contributed by atoms with Crippen molar-refractivity contribution in [2.45, 2.75) is 6.54 Å². The summed E-state index contributed by atoms with van der Waals surface area (Å²) in [5.41, 5.74) is 3.36. The molecule has 1 amide bonds. The SMILES string of the molecule is N#C/C(=C\c1cn(-c2ccccc2)nc1-c1cccs1)C(=O)NCc1ccccc1. The molecule has 0 unspecified atom stereocenters. The van der Waals surface area contributed by atoms with Crippen LogP contribution in [-0.2, 0) is 11.3 Å². The fourth-order valence-electron chi connectivity index (χ4n) is 2.99. The number of thiophene rings is 1. The van der Waals surface area contributed by atoms with Crippen molar-refractivity contribution in [3.8, 4) is 22.3 Å². The predicted octanol–water partition coefficient (Wildman–Crippen LogP) is 4.82. The Morgan fingerprint density at radius 2 is 1.80 bits per heavy atom. The summed E-state index contributed by atoms with van der Waals surface area (Å²) in [6.45, 7) is 0.361. The summed E-state index contributed by atoms with van der Waals surface area (Å²) in [4.78, 5) is 13.6. The smallest absolute Gasteiger partial charge is 0.262 e. The van der Waals surface area contributed by atoms with Gasteiger partial charge < -0.3 is 5.32 Å². The molecule has 6 heteroatoms. The first-order valence-corrected chi connectivity index (χ1v) is 10.3. The molecule has 0 fully saturated rings. The van der Waals surface area contributed by atoms with Crippen LogP contribution in [-0.4, -0.2) is 15.7 Å². The number of hydrogen-bond donors (Lipinski definition) is 1. The first-order chi connectivity index (χ1) is 14.7. The van der Waals surface area contributed by atoms with Crippen LogP contribution < -0.4 is 5.32 Å². The van der Waals surface area contributed by atoms with Gasteiger partial charge in [0.15, 0.2) is 0 Å². The number of rotatable bonds is 6. The molecule has 2 aromatic carbocycles. The number of nitriles is 1. The van der Waals surface area contributed by atoms with Gasteiger partial charge in [-0.05, 0) is 35.2 Å². The maximum Gasteiger partial charge on any atom is 0.262 e. The third-order valence-electron chi connectivity index (χ3n) is 4.48. The lowest BCUT2D eigenvalue weighted by atomic mass is 10.1. The second-order valence-corrected chi connectivity index (χ2v) is 7.48. The van der Waals surface area contributed by atoms with E-state index in [-0.39, 0.29) is 5.57 Å². The van der Waals surface area contributed by atoms with Crippen LogP contribution in [0.25, 0.3) is 22.3 Å². The van der Waals surface area contributed by atoms with Gasteiger partial charge in [-0.15, -0.1) is 11.3 Å². The maximum atomic E-state index is 12.6. The number of carbonyl (C=O) groups excluding carboxylic acids is 1. The lowest BCUT2D eigenvalue weighted by Gasteiger charge is -2.04. The number of para-hydroxylation sites is 1. The Hall–Kier alpha value is -3.95. The number of carbonyl (C=O) groups is 1. The predicted molar refractivity (Wildman–Crippen MR) is 119 cm³/mol. The summed E-state index contributed by atoms with van der Waals surface area (Å²) in [5, 5.41) is 19.1. The molecular formula is C24H18N4OS. The third-order valence-corrected chi connectivity index (χ3v) is 5.36. The third kappa shape index (κ3) is 4.37. The van der Waals surface area contributed by atoms with Crippen molar-refractivity contribution in [1.82, 2.24) is 15.1 Å². The number of nitrogens with zero attached hydrogens (tertiary/aromatic N) is 3. The van der Waals surface area contributed by atoms with Crippen molar-refractivity contribution < 1.29 is 4.79 Å². The van der Waals surface area contributed by atoms with Crippen LogP contribution in [0.1, 0.15) is 11.1 Å². The Morgan fingerprint density at radius 3 is 2.47 bits per heavy atom. The van der Waals surface area contributed by atoms with Crippen LogP contribution in [0.15, 0.2) is 89.9 Å². The molecule has 4 rings (SSSR count). The van der Waals surface area contributed by atoms with Crippen molar-refractivity contribution >= 4 is 23.3 Å². The average Bonchev–Trinajstić information content (AvgIpc) is 3.47. The number of amides is 1. The summed E-state index contributed by atoms with van der Waals surface area (Å²) in [5.74, 6) is -0.411. The van der Waals surface area contributed by atoms with Gasteiger partial charge >= 0.3 is 0 Å². The molecule has 5 nitrogen and oxygen atoms in total. The first-order valence-electron chi connectivity index (χ1n) is 9.37. The molecule has 2 heterocycles. The highest BCUT2D eigenvalue weighted by molar-refractivity contribution is 7.13. The second-order valence-electron chi connectivity index (χ2n) is 6.53. The second kappa shape index (κ2) is 9.03. The van der Waals surface area contributed by atoms with Crippen molar-refractivity contribution in [3.05, 3.63) is 101 Å². The Balaban J connectivity index is 1.65. The van der Waals surface area contributed by atoms with Crippen LogP contribution in [0.5, 0.6) is 0 Å². The molecule has 0 aliphatic heterocycles.